The number of hydrogen-bond acceptors (Lipinski definition) is 4. The van der Waals surface area contributed by atoms with Gasteiger partial charge < -0.3 is 9.80 Å². The smallest absolute Gasteiger partial charge is 0.340 e. The van der Waals surface area contributed by atoms with Gasteiger partial charge in [-0.1, -0.05) is 24.3 Å². The summed E-state index contributed by atoms with van der Waals surface area (Å²) in [5.74, 6) is -0.153. The monoisotopic (exact) mass is 390 g/mol. The van der Waals surface area contributed by atoms with Gasteiger partial charge in [-0.2, -0.15) is 13.2 Å². The number of nitrogens with zero attached hydrogens (tertiary/aromatic N) is 4. The van der Waals surface area contributed by atoms with Crippen molar-refractivity contribution in [3.05, 3.63) is 53.3 Å². The van der Waals surface area contributed by atoms with Crippen molar-refractivity contribution in [2.75, 3.05) is 24.5 Å². The molecule has 0 radical (unpaired) electrons. The Balaban J connectivity index is 1.46. The van der Waals surface area contributed by atoms with E-state index in [-0.39, 0.29) is 17.8 Å². The van der Waals surface area contributed by atoms with Crippen LogP contribution in [0.5, 0.6) is 0 Å². The molecule has 28 heavy (non-hydrogen) atoms. The fourth-order valence-electron chi connectivity index (χ4n) is 3.96. The van der Waals surface area contributed by atoms with Crippen LogP contribution in [0.1, 0.15) is 29.7 Å². The molecule has 1 unspecified atom stereocenters. The number of benzene rings is 1. The number of hydrogen-bond donors (Lipinski definition) is 0. The van der Waals surface area contributed by atoms with Crippen molar-refractivity contribution in [1.29, 1.82) is 0 Å². The summed E-state index contributed by atoms with van der Waals surface area (Å²) in [5, 5.41) is 0. The van der Waals surface area contributed by atoms with Crippen LogP contribution in [0.15, 0.2) is 36.5 Å². The number of amides is 1. The largest absolute Gasteiger partial charge is 0.433 e. The van der Waals surface area contributed by atoms with E-state index >= 15 is 0 Å². The van der Waals surface area contributed by atoms with Crippen molar-refractivity contribution in [1.82, 2.24) is 14.9 Å². The molecule has 1 aromatic heterocycles. The summed E-state index contributed by atoms with van der Waals surface area (Å²) in [5.41, 5.74) is 1.48. The lowest BCUT2D eigenvalue weighted by molar-refractivity contribution is -0.141. The highest BCUT2D eigenvalue weighted by atomic mass is 19.4. The molecular weight excluding hydrogens is 369 g/mol. The van der Waals surface area contributed by atoms with Gasteiger partial charge >= 0.3 is 6.18 Å². The lowest BCUT2D eigenvalue weighted by atomic mass is 9.94. The lowest BCUT2D eigenvalue weighted by Gasteiger charge is -2.36. The van der Waals surface area contributed by atoms with E-state index in [0.717, 1.165) is 37.1 Å². The van der Waals surface area contributed by atoms with E-state index in [1.165, 1.54) is 5.56 Å². The van der Waals surface area contributed by atoms with E-state index in [4.69, 9.17) is 0 Å². The Kier molecular flexibility index (Phi) is 4.95. The second-order valence-corrected chi connectivity index (χ2v) is 7.30. The Labute approximate surface area is 161 Å². The normalized spacial score (nSPS) is 20.0. The van der Waals surface area contributed by atoms with Gasteiger partial charge in [-0.15, -0.1) is 0 Å². The summed E-state index contributed by atoms with van der Waals surface area (Å²) in [7, 11) is 0. The van der Waals surface area contributed by atoms with Crippen LogP contribution in [0.2, 0.25) is 0 Å². The number of rotatable bonds is 2. The molecule has 4 rings (SSSR count). The van der Waals surface area contributed by atoms with Gasteiger partial charge in [0.25, 0.3) is 0 Å². The fourth-order valence-corrected chi connectivity index (χ4v) is 3.96. The molecule has 0 spiro atoms. The number of anilines is 1. The second-order valence-electron chi connectivity index (χ2n) is 7.30. The highest BCUT2D eigenvalue weighted by Crippen LogP contribution is 2.30. The topological polar surface area (TPSA) is 49.3 Å². The van der Waals surface area contributed by atoms with Crippen LogP contribution in [0.3, 0.4) is 0 Å². The van der Waals surface area contributed by atoms with Crippen LogP contribution in [0.4, 0.5) is 19.1 Å². The predicted octanol–water partition coefficient (Wildman–Crippen LogP) is 3.30. The first kappa shape index (κ1) is 18.7. The highest BCUT2D eigenvalue weighted by Gasteiger charge is 2.35. The Morgan fingerprint density at radius 1 is 1.11 bits per heavy atom. The first-order chi connectivity index (χ1) is 13.4. The first-order valence-corrected chi connectivity index (χ1v) is 9.42. The number of piperidine rings is 1. The molecule has 1 aromatic carbocycles. The summed E-state index contributed by atoms with van der Waals surface area (Å²) in [6.07, 6.45) is -1.11. The Morgan fingerprint density at radius 3 is 2.68 bits per heavy atom. The Bertz CT molecular complexity index is 871. The maximum atomic E-state index is 13.0. The van der Waals surface area contributed by atoms with E-state index in [0.29, 0.717) is 26.2 Å². The van der Waals surface area contributed by atoms with Crippen molar-refractivity contribution in [2.45, 2.75) is 32.0 Å². The van der Waals surface area contributed by atoms with E-state index in [2.05, 4.69) is 16.0 Å². The van der Waals surface area contributed by atoms with Gasteiger partial charge in [0.2, 0.25) is 11.9 Å². The van der Waals surface area contributed by atoms with Crippen molar-refractivity contribution in [3.8, 4) is 0 Å². The third kappa shape index (κ3) is 3.81. The van der Waals surface area contributed by atoms with Gasteiger partial charge in [0, 0.05) is 32.4 Å². The van der Waals surface area contributed by atoms with Gasteiger partial charge in [-0.25, -0.2) is 9.97 Å². The zero-order valence-electron chi connectivity index (χ0n) is 15.3. The van der Waals surface area contributed by atoms with Gasteiger partial charge in [-0.3, -0.25) is 4.79 Å². The average molecular weight is 390 g/mol. The van der Waals surface area contributed by atoms with Crippen LogP contribution in [-0.4, -0.2) is 40.4 Å². The van der Waals surface area contributed by atoms with Gasteiger partial charge in [-0.05, 0) is 36.5 Å². The molecular formula is C20H21F3N4O. The zero-order chi connectivity index (χ0) is 19.7. The van der Waals surface area contributed by atoms with Crippen LogP contribution >= 0.6 is 0 Å². The Hall–Kier alpha value is -2.64. The van der Waals surface area contributed by atoms with Crippen molar-refractivity contribution >= 4 is 11.9 Å². The van der Waals surface area contributed by atoms with Gasteiger partial charge in [0.05, 0.1) is 5.92 Å². The van der Waals surface area contributed by atoms with Crippen molar-refractivity contribution in [2.24, 2.45) is 5.92 Å². The average Bonchev–Trinajstić information content (AvgIpc) is 2.72. The van der Waals surface area contributed by atoms with Crippen LogP contribution < -0.4 is 4.90 Å². The summed E-state index contributed by atoms with van der Waals surface area (Å²) >= 11 is 0. The van der Waals surface area contributed by atoms with Gasteiger partial charge in [0.1, 0.15) is 5.69 Å². The number of carbonyl (C=O) groups is 1. The molecule has 8 heteroatoms. The molecule has 0 aliphatic carbocycles. The fraction of sp³-hybridized carbons (Fsp3) is 0.450. The quantitative estimate of drug-likeness (QED) is 0.790. The van der Waals surface area contributed by atoms with Crippen molar-refractivity contribution in [3.63, 3.8) is 0 Å². The molecule has 3 heterocycles. The predicted molar refractivity (Wildman–Crippen MR) is 97.5 cm³/mol. The molecule has 1 atom stereocenters. The third-order valence-corrected chi connectivity index (χ3v) is 5.43. The SMILES string of the molecule is O=C(C1CCCN(c2nccc(C(F)(F)F)n2)C1)N1CCc2ccccc2C1. The number of fused-ring (bicyclic) bond motifs is 1. The minimum absolute atomic E-state index is 0.0383. The maximum Gasteiger partial charge on any atom is 0.433 e. The van der Waals surface area contributed by atoms with Crippen LogP contribution in [-0.2, 0) is 23.9 Å². The number of aromatic nitrogens is 2. The van der Waals surface area contributed by atoms with E-state index < -0.39 is 11.9 Å². The third-order valence-electron chi connectivity index (χ3n) is 5.43. The summed E-state index contributed by atoms with van der Waals surface area (Å²) < 4.78 is 38.8. The van der Waals surface area contributed by atoms with E-state index in [9.17, 15) is 18.0 Å². The number of halogens is 3. The Morgan fingerprint density at radius 2 is 1.89 bits per heavy atom. The van der Waals surface area contributed by atoms with Crippen LogP contribution in [0.25, 0.3) is 0 Å². The highest BCUT2D eigenvalue weighted by molar-refractivity contribution is 5.80. The van der Waals surface area contributed by atoms with Crippen LogP contribution in [0, 0.1) is 5.92 Å². The van der Waals surface area contributed by atoms with E-state index in [1.807, 2.05) is 23.1 Å². The van der Waals surface area contributed by atoms with Crippen molar-refractivity contribution < 1.29 is 18.0 Å². The number of alkyl halides is 3. The molecule has 5 nitrogen and oxygen atoms in total. The minimum Gasteiger partial charge on any atom is -0.340 e. The maximum absolute atomic E-state index is 13.0. The van der Waals surface area contributed by atoms with Gasteiger partial charge in [0.15, 0.2) is 0 Å². The zero-order valence-corrected chi connectivity index (χ0v) is 15.3. The molecule has 2 aliphatic rings. The summed E-state index contributed by atoms with van der Waals surface area (Å²) in [6, 6.07) is 8.97. The molecule has 1 amide bonds. The second kappa shape index (κ2) is 7.41. The molecule has 0 N–H and O–H groups in total. The molecule has 148 valence electrons. The molecule has 2 aromatic rings. The molecule has 0 saturated carbocycles. The lowest BCUT2D eigenvalue weighted by Crippen LogP contribution is -2.46. The standard InChI is InChI=1S/C20H21F3N4O/c21-20(22,23)17-7-9-24-19(25-17)27-10-3-6-16(13-27)18(28)26-11-8-14-4-1-2-5-15(14)12-26/h1-2,4-5,7,9,16H,3,6,8,10-13H2. The minimum atomic E-state index is -4.51. The summed E-state index contributed by atoms with van der Waals surface area (Å²) in [6.45, 7) is 2.16. The molecule has 2 aliphatic heterocycles. The van der Waals surface area contributed by atoms with E-state index in [1.54, 1.807) is 4.90 Å². The summed E-state index contributed by atoms with van der Waals surface area (Å²) in [4.78, 5) is 24.3. The first-order valence-electron chi connectivity index (χ1n) is 9.42. The molecule has 1 saturated heterocycles. The molecule has 1 fully saturated rings. The molecule has 0 bridgehead atoms. The number of carbonyl (C=O) groups excluding carboxylic acids is 1.